The van der Waals surface area contributed by atoms with Gasteiger partial charge in [0.05, 0.1) is 7.11 Å². The van der Waals surface area contributed by atoms with Crippen LogP contribution in [0.2, 0.25) is 0 Å². The Morgan fingerprint density at radius 1 is 1.20 bits per heavy atom. The molecule has 0 aromatic heterocycles. The number of rotatable bonds is 4. The molecule has 2 N–H and O–H groups in total. The summed E-state index contributed by atoms with van der Waals surface area (Å²) in [4.78, 5) is 25.9. The Balaban J connectivity index is 1.65. The van der Waals surface area contributed by atoms with E-state index in [-0.39, 0.29) is 18.0 Å². The molecule has 3 rings (SSSR count). The molecule has 0 saturated carbocycles. The predicted molar refractivity (Wildman–Crippen MR) is 96.5 cm³/mol. The molecule has 1 aliphatic rings. The number of amides is 3. The van der Waals surface area contributed by atoms with Crippen LogP contribution in [-0.4, -0.2) is 43.6 Å². The van der Waals surface area contributed by atoms with Crippen molar-refractivity contribution in [3.8, 4) is 5.75 Å². The Morgan fingerprint density at radius 2 is 1.96 bits per heavy atom. The van der Waals surface area contributed by atoms with Gasteiger partial charge in [-0.2, -0.15) is 0 Å². The molecule has 1 atom stereocenters. The van der Waals surface area contributed by atoms with Crippen molar-refractivity contribution in [3.05, 3.63) is 42.0 Å². The number of methoxy groups -OCH3 is 1. The maximum absolute atomic E-state index is 12.4. The number of carbonyl (C=O) groups is 2. The Morgan fingerprint density at radius 3 is 2.72 bits per heavy atom. The third kappa shape index (κ3) is 3.68. The van der Waals surface area contributed by atoms with Gasteiger partial charge < -0.3 is 20.3 Å². The van der Waals surface area contributed by atoms with Gasteiger partial charge in [0.25, 0.3) is 0 Å². The van der Waals surface area contributed by atoms with E-state index in [0.29, 0.717) is 19.5 Å². The van der Waals surface area contributed by atoms with Crippen molar-refractivity contribution >= 4 is 22.7 Å². The number of ether oxygens (including phenoxy) is 1. The first-order valence-electron chi connectivity index (χ1n) is 8.45. The van der Waals surface area contributed by atoms with Gasteiger partial charge in [-0.3, -0.25) is 4.79 Å². The summed E-state index contributed by atoms with van der Waals surface area (Å²) in [6.45, 7) is 1.04. The first kappa shape index (κ1) is 17.1. The first-order valence-corrected chi connectivity index (χ1v) is 8.45. The van der Waals surface area contributed by atoms with E-state index >= 15 is 0 Å². The average Bonchev–Trinajstić information content (AvgIpc) is 3.14. The lowest BCUT2D eigenvalue weighted by molar-refractivity contribution is -0.124. The molecular weight excluding hydrogens is 318 g/mol. The molecule has 1 heterocycles. The minimum absolute atomic E-state index is 0.104. The number of hydrogen-bond acceptors (Lipinski definition) is 3. The van der Waals surface area contributed by atoms with E-state index < -0.39 is 0 Å². The minimum atomic E-state index is -0.367. The number of likely N-dealkylation sites (N-methyl/N-ethyl adjacent to an activating group) is 1. The average molecular weight is 341 g/mol. The Hall–Kier alpha value is -2.76. The topological polar surface area (TPSA) is 70.7 Å². The highest BCUT2D eigenvalue weighted by Gasteiger charge is 2.33. The molecule has 6 heteroatoms. The normalized spacial score (nSPS) is 16.7. The molecule has 25 heavy (non-hydrogen) atoms. The van der Waals surface area contributed by atoms with Crippen LogP contribution >= 0.6 is 0 Å². The molecule has 1 aliphatic heterocycles. The van der Waals surface area contributed by atoms with Crippen LogP contribution in [0.15, 0.2) is 36.4 Å². The highest BCUT2D eigenvalue weighted by molar-refractivity contribution is 5.87. The maximum atomic E-state index is 12.4. The molecule has 0 unspecified atom stereocenters. The number of hydrogen-bond donors (Lipinski definition) is 2. The SMILES string of the molecule is CNC(=O)[C@@H]1CCCN1C(=O)NCc1ccc2cc(OC)ccc2c1. The van der Waals surface area contributed by atoms with Crippen molar-refractivity contribution in [2.75, 3.05) is 20.7 Å². The fourth-order valence-corrected chi connectivity index (χ4v) is 3.24. The fourth-order valence-electron chi connectivity index (χ4n) is 3.24. The molecule has 0 aliphatic carbocycles. The highest BCUT2D eigenvalue weighted by atomic mass is 16.5. The van der Waals surface area contributed by atoms with Gasteiger partial charge >= 0.3 is 6.03 Å². The van der Waals surface area contributed by atoms with E-state index in [0.717, 1.165) is 28.5 Å². The quantitative estimate of drug-likeness (QED) is 0.896. The molecule has 0 spiro atoms. The lowest BCUT2D eigenvalue weighted by Gasteiger charge is -2.23. The Labute approximate surface area is 147 Å². The molecule has 1 saturated heterocycles. The highest BCUT2D eigenvalue weighted by Crippen LogP contribution is 2.22. The van der Waals surface area contributed by atoms with Crippen LogP contribution in [0.1, 0.15) is 18.4 Å². The third-order valence-corrected chi connectivity index (χ3v) is 4.62. The van der Waals surface area contributed by atoms with Crippen LogP contribution in [0.25, 0.3) is 10.8 Å². The van der Waals surface area contributed by atoms with Crippen LogP contribution in [0.3, 0.4) is 0 Å². The number of fused-ring (bicyclic) bond motifs is 1. The summed E-state index contributed by atoms with van der Waals surface area (Å²) in [5, 5.41) is 7.73. The number of likely N-dealkylation sites (tertiary alicyclic amines) is 1. The van der Waals surface area contributed by atoms with Crippen LogP contribution in [-0.2, 0) is 11.3 Å². The molecule has 6 nitrogen and oxygen atoms in total. The number of nitrogens with one attached hydrogen (secondary N) is 2. The summed E-state index contributed by atoms with van der Waals surface area (Å²) >= 11 is 0. The molecule has 1 fully saturated rings. The van der Waals surface area contributed by atoms with Gasteiger partial charge in [0.2, 0.25) is 5.91 Å². The standard InChI is InChI=1S/C19H23N3O3/c1-20-18(23)17-4-3-9-22(17)19(24)21-12-13-5-6-15-11-16(25-2)8-7-14(15)10-13/h5-8,10-11,17H,3-4,9,12H2,1-2H3,(H,20,23)(H,21,24)/t17-/m0/s1. The molecule has 0 radical (unpaired) electrons. The zero-order valence-corrected chi connectivity index (χ0v) is 14.5. The van der Waals surface area contributed by atoms with Crippen LogP contribution < -0.4 is 15.4 Å². The molecule has 132 valence electrons. The van der Waals surface area contributed by atoms with Crippen molar-refractivity contribution in [1.29, 1.82) is 0 Å². The molecular formula is C19H23N3O3. The Kier molecular flexibility index (Phi) is 5.07. The zero-order valence-electron chi connectivity index (χ0n) is 14.5. The van der Waals surface area contributed by atoms with E-state index in [2.05, 4.69) is 16.7 Å². The minimum Gasteiger partial charge on any atom is -0.497 e. The van der Waals surface area contributed by atoms with Crippen LogP contribution in [0.4, 0.5) is 4.79 Å². The number of urea groups is 1. The summed E-state index contributed by atoms with van der Waals surface area (Å²) in [6, 6.07) is 11.4. The summed E-state index contributed by atoms with van der Waals surface area (Å²) < 4.78 is 5.23. The van der Waals surface area contributed by atoms with Gasteiger partial charge in [0, 0.05) is 20.1 Å². The van der Waals surface area contributed by atoms with E-state index in [1.54, 1.807) is 19.1 Å². The first-order chi connectivity index (χ1) is 12.1. The van der Waals surface area contributed by atoms with Crippen LogP contribution in [0.5, 0.6) is 5.75 Å². The van der Waals surface area contributed by atoms with Gasteiger partial charge in [-0.25, -0.2) is 4.79 Å². The summed E-state index contributed by atoms with van der Waals surface area (Å²) in [5.41, 5.74) is 1.02. The van der Waals surface area contributed by atoms with Gasteiger partial charge in [-0.15, -0.1) is 0 Å². The van der Waals surface area contributed by atoms with Crippen molar-refractivity contribution in [1.82, 2.24) is 15.5 Å². The van der Waals surface area contributed by atoms with Gasteiger partial charge in [-0.1, -0.05) is 18.2 Å². The number of carbonyl (C=O) groups excluding carboxylic acids is 2. The molecule has 2 aromatic carbocycles. The van der Waals surface area contributed by atoms with E-state index in [1.165, 1.54) is 0 Å². The van der Waals surface area contributed by atoms with Crippen molar-refractivity contribution in [3.63, 3.8) is 0 Å². The number of benzene rings is 2. The monoisotopic (exact) mass is 341 g/mol. The summed E-state index contributed by atoms with van der Waals surface area (Å²) in [6.07, 6.45) is 1.56. The second-order valence-electron chi connectivity index (χ2n) is 6.17. The molecule has 3 amide bonds. The van der Waals surface area contributed by atoms with E-state index in [1.807, 2.05) is 30.3 Å². The van der Waals surface area contributed by atoms with Crippen molar-refractivity contribution < 1.29 is 14.3 Å². The lowest BCUT2D eigenvalue weighted by atomic mass is 10.1. The second-order valence-corrected chi connectivity index (χ2v) is 6.17. The summed E-state index contributed by atoms with van der Waals surface area (Å²) in [5.74, 6) is 0.718. The van der Waals surface area contributed by atoms with Gasteiger partial charge in [0.15, 0.2) is 0 Å². The predicted octanol–water partition coefficient (Wildman–Crippen LogP) is 2.27. The second kappa shape index (κ2) is 7.42. The Bertz CT molecular complexity index is 791. The maximum Gasteiger partial charge on any atom is 0.318 e. The third-order valence-electron chi connectivity index (χ3n) is 4.62. The lowest BCUT2D eigenvalue weighted by Crippen LogP contribution is -2.48. The van der Waals surface area contributed by atoms with Gasteiger partial charge in [-0.05, 0) is 47.4 Å². The molecule has 2 aromatic rings. The van der Waals surface area contributed by atoms with E-state index in [4.69, 9.17) is 4.74 Å². The summed E-state index contributed by atoms with van der Waals surface area (Å²) in [7, 11) is 3.25. The van der Waals surface area contributed by atoms with Crippen molar-refractivity contribution in [2.45, 2.75) is 25.4 Å². The van der Waals surface area contributed by atoms with Gasteiger partial charge in [0.1, 0.15) is 11.8 Å². The van der Waals surface area contributed by atoms with Crippen LogP contribution in [0, 0.1) is 0 Å². The largest absolute Gasteiger partial charge is 0.497 e. The van der Waals surface area contributed by atoms with E-state index in [9.17, 15) is 9.59 Å². The molecule has 0 bridgehead atoms. The van der Waals surface area contributed by atoms with Crippen molar-refractivity contribution in [2.24, 2.45) is 0 Å². The smallest absolute Gasteiger partial charge is 0.318 e. The zero-order chi connectivity index (χ0) is 17.8. The number of nitrogens with zero attached hydrogens (tertiary/aromatic N) is 1. The fraction of sp³-hybridized carbons (Fsp3) is 0.368.